The molecule has 0 amide bonds. The van der Waals surface area contributed by atoms with Gasteiger partial charge < -0.3 is 11.7 Å². The third-order valence-electron chi connectivity index (χ3n) is 0.509. The zero-order chi connectivity index (χ0) is 7.70. The zero-order valence-electron chi connectivity index (χ0n) is 5.52. The van der Waals surface area contributed by atoms with Crippen LogP contribution in [0.3, 0.4) is 0 Å². The van der Waals surface area contributed by atoms with Gasteiger partial charge in [-0.05, 0) is 6.92 Å². The molecule has 2 nitrogen and oxygen atoms in total. The fraction of sp³-hybridized carbons (Fsp3) is 0.600. The Kier molecular flexibility index (Phi) is 16.1. The molecule has 0 aromatic carbocycles. The Morgan fingerprint density at radius 2 is 2.22 bits per heavy atom. The fourth-order valence-electron chi connectivity index (χ4n) is 0.233. The topological polar surface area (TPSA) is 26.3 Å². The molecule has 0 saturated heterocycles. The van der Waals surface area contributed by atoms with E-state index < -0.39 is 0 Å². The number of carbonyl (C=O) groups excluding carboxylic acids is 1. The molecule has 0 bridgehead atoms. The first-order valence-corrected chi connectivity index (χ1v) is 11.6. The average molecular weight is 293 g/mol. The Labute approximate surface area is 76.6 Å². The van der Waals surface area contributed by atoms with Gasteiger partial charge in [0.15, 0.2) is 0 Å². The summed E-state index contributed by atoms with van der Waals surface area (Å²) in [6.07, 6.45) is 0.230. The molecule has 0 fully saturated rings. The van der Waals surface area contributed by atoms with Crippen LogP contribution in [0.2, 0.25) is 0 Å². The predicted molar refractivity (Wildman–Crippen MR) is 40.6 cm³/mol. The molecular formula is C5H9IO2Zn. The van der Waals surface area contributed by atoms with Crippen LogP contribution in [0.25, 0.3) is 0 Å². The molecule has 0 N–H and O–H groups in total. The Bertz CT molecular complexity index is 68.0. The van der Waals surface area contributed by atoms with Gasteiger partial charge in [-0.1, -0.05) is 6.42 Å². The van der Waals surface area contributed by atoms with E-state index in [0.717, 1.165) is 0 Å². The van der Waals surface area contributed by atoms with Crippen molar-refractivity contribution in [2.45, 2.75) is 13.3 Å². The normalized spacial score (nSPS) is 7.22. The molecule has 0 saturated carbocycles. The van der Waals surface area contributed by atoms with Crippen molar-refractivity contribution in [2.75, 3.05) is 6.61 Å². The van der Waals surface area contributed by atoms with Crippen LogP contribution < -0.4 is 0 Å². The van der Waals surface area contributed by atoms with E-state index in [1.165, 1.54) is 14.8 Å². The summed E-state index contributed by atoms with van der Waals surface area (Å²) in [4.78, 5) is 10.1. The summed E-state index contributed by atoms with van der Waals surface area (Å²) in [6, 6.07) is 0. The monoisotopic (exact) mass is 292 g/mol. The number of halogens is 1. The molecule has 50 valence electrons. The zero-order valence-corrected chi connectivity index (χ0v) is 10.6. The van der Waals surface area contributed by atoms with Gasteiger partial charge in [-0.25, -0.2) is 0 Å². The van der Waals surface area contributed by atoms with Gasteiger partial charge in [-0.2, -0.15) is 0 Å². The number of carbonyl (C=O) groups is 1. The quantitative estimate of drug-likeness (QED) is 0.335. The first kappa shape index (κ1) is 12.5. The van der Waals surface area contributed by atoms with Gasteiger partial charge in [0, 0.05) is 0 Å². The van der Waals surface area contributed by atoms with Crippen LogP contribution in [0.1, 0.15) is 13.3 Å². The van der Waals surface area contributed by atoms with Crippen molar-refractivity contribution in [1.29, 1.82) is 0 Å². The van der Waals surface area contributed by atoms with Crippen LogP contribution >= 0.6 is 19.8 Å². The minimum atomic E-state index is -0.234. The standard InChI is InChI=1S/C5H9O2.HI.Zn/c1-3-5(6)7-4-2;;/h1,3-4H2,2H3;1H;/q-1;;+2/p-1. The molecule has 0 aliphatic carbocycles. The van der Waals surface area contributed by atoms with Gasteiger partial charge in [-0.15, -0.1) is 0 Å². The summed E-state index contributed by atoms with van der Waals surface area (Å²) in [5.74, 6) is -0.234. The molecule has 0 aliphatic heterocycles. The summed E-state index contributed by atoms with van der Waals surface area (Å²) < 4.78 is 4.49. The van der Waals surface area contributed by atoms with Gasteiger partial charge in [-0.3, -0.25) is 4.79 Å². The number of hydrogen-bond donors (Lipinski definition) is 0. The van der Waals surface area contributed by atoms with Crippen molar-refractivity contribution in [3.63, 3.8) is 0 Å². The summed E-state index contributed by atoms with van der Waals surface area (Å²) >= 11 is 3.62. The van der Waals surface area contributed by atoms with Crippen molar-refractivity contribution in [3.8, 4) is 0 Å². The van der Waals surface area contributed by atoms with Gasteiger partial charge in [0.05, 0.1) is 6.61 Å². The number of rotatable bonds is 2. The predicted octanol–water partition coefficient (Wildman–Crippen LogP) is 1.66. The van der Waals surface area contributed by atoms with Crippen molar-refractivity contribution in [2.24, 2.45) is 0 Å². The van der Waals surface area contributed by atoms with Gasteiger partial charge in [0.25, 0.3) is 5.97 Å². The van der Waals surface area contributed by atoms with E-state index in [-0.39, 0.29) is 12.4 Å². The molecule has 9 heavy (non-hydrogen) atoms. The molecule has 0 aromatic rings. The van der Waals surface area contributed by atoms with Crippen LogP contribution in [-0.4, -0.2) is 12.6 Å². The van der Waals surface area contributed by atoms with E-state index in [2.05, 4.69) is 31.4 Å². The fourth-order valence-corrected chi connectivity index (χ4v) is 0.233. The van der Waals surface area contributed by atoms with E-state index in [1.807, 2.05) is 0 Å². The SMILES string of the molecule is [CH2-]CC(=O)OCC.[Zn+][I]. The Morgan fingerprint density at radius 3 is 2.33 bits per heavy atom. The van der Waals surface area contributed by atoms with Crippen molar-refractivity contribution < 1.29 is 24.3 Å². The molecule has 0 heterocycles. The summed E-state index contributed by atoms with van der Waals surface area (Å²) in [7, 11) is 0. The molecule has 0 rings (SSSR count). The van der Waals surface area contributed by atoms with Crippen molar-refractivity contribution in [3.05, 3.63) is 6.92 Å². The second kappa shape index (κ2) is 11.6. The van der Waals surface area contributed by atoms with Crippen LogP contribution in [0, 0.1) is 6.92 Å². The first-order valence-electron chi connectivity index (χ1n) is 2.52. The summed E-state index contributed by atoms with van der Waals surface area (Å²) in [6.45, 7) is 5.55. The summed E-state index contributed by atoms with van der Waals surface area (Å²) in [5.41, 5.74) is 0. The van der Waals surface area contributed by atoms with Gasteiger partial charge in [0.1, 0.15) is 0 Å². The maximum atomic E-state index is 10.1. The first-order chi connectivity index (χ1) is 4.31. The molecule has 0 unspecified atom stereocenters. The number of hydrogen-bond acceptors (Lipinski definition) is 2. The van der Waals surface area contributed by atoms with Gasteiger partial charge in [0.2, 0.25) is 0 Å². The van der Waals surface area contributed by atoms with Crippen LogP contribution in [0.15, 0.2) is 0 Å². The van der Waals surface area contributed by atoms with E-state index in [1.54, 1.807) is 6.92 Å². The van der Waals surface area contributed by atoms with E-state index in [9.17, 15) is 4.79 Å². The average Bonchev–Trinajstić information content (AvgIpc) is 1.93. The molecule has 0 spiro atoms. The van der Waals surface area contributed by atoms with Gasteiger partial charge >= 0.3 is 34.5 Å². The van der Waals surface area contributed by atoms with Crippen LogP contribution in [0.5, 0.6) is 0 Å². The minimum absolute atomic E-state index is 0.230. The number of ether oxygens (including phenoxy) is 1. The number of esters is 1. The molecule has 0 aromatic heterocycles. The maximum absolute atomic E-state index is 10.1. The Morgan fingerprint density at radius 1 is 1.78 bits per heavy atom. The third kappa shape index (κ3) is 12.1. The molecular weight excluding hydrogens is 284 g/mol. The second-order valence-corrected chi connectivity index (χ2v) is 1.06. The van der Waals surface area contributed by atoms with Crippen LogP contribution in [0.4, 0.5) is 0 Å². The Hall–Kier alpha value is 0.823. The van der Waals surface area contributed by atoms with Crippen molar-refractivity contribution >= 4 is 25.7 Å². The third-order valence-corrected chi connectivity index (χ3v) is 0.509. The summed E-state index contributed by atoms with van der Waals surface area (Å²) in [5, 5.41) is 0. The van der Waals surface area contributed by atoms with E-state index in [4.69, 9.17) is 0 Å². The van der Waals surface area contributed by atoms with E-state index >= 15 is 0 Å². The molecule has 0 aliphatic rings. The molecule has 0 atom stereocenters. The van der Waals surface area contributed by atoms with Crippen molar-refractivity contribution in [1.82, 2.24) is 0 Å². The van der Waals surface area contributed by atoms with Crippen LogP contribution in [-0.2, 0) is 24.3 Å². The van der Waals surface area contributed by atoms with E-state index in [0.29, 0.717) is 6.61 Å². The Balaban J connectivity index is 0. The molecule has 4 heteroatoms. The second-order valence-electron chi connectivity index (χ2n) is 1.06. The molecule has 0 radical (unpaired) electrons.